The summed E-state index contributed by atoms with van der Waals surface area (Å²) in [5, 5.41) is 0. The van der Waals surface area contributed by atoms with Crippen LogP contribution in [0.15, 0.2) is 23.1 Å². The Morgan fingerprint density at radius 3 is 2.47 bits per heavy atom. The molecule has 1 amide bonds. The lowest BCUT2D eigenvalue weighted by Gasteiger charge is -2.12. The predicted molar refractivity (Wildman–Crippen MR) is 73.0 cm³/mol. The molecule has 0 aromatic heterocycles. The Labute approximate surface area is 117 Å². The molecule has 0 saturated carbocycles. The molecule has 7 heteroatoms. The zero-order chi connectivity index (χ0) is 14.6. The highest BCUT2D eigenvalue weighted by atomic mass is 35.7. The number of aryl methyl sites for hydroxylation is 1. The smallest absolute Gasteiger partial charge is 0.261 e. The molecule has 5 nitrogen and oxygen atoms in total. The van der Waals surface area contributed by atoms with E-state index in [0.717, 1.165) is 0 Å². The standard InChI is InChI=1S/C12H16ClNO4S/c1-14(2)12(15)7-4-9-8-10(19(13,16)17)5-6-11(9)18-3/h5-6,8H,4,7H2,1-3H3. The minimum absolute atomic E-state index is 0.00210. The van der Waals surface area contributed by atoms with Crippen molar-refractivity contribution >= 4 is 25.6 Å². The van der Waals surface area contributed by atoms with Crippen molar-refractivity contribution in [3.8, 4) is 5.75 Å². The fourth-order valence-electron chi connectivity index (χ4n) is 1.57. The lowest BCUT2D eigenvalue weighted by Crippen LogP contribution is -2.21. The first kappa shape index (κ1) is 15.8. The molecule has 0 saturated heterocycles. The Balaban J connectivity index is 3.00. The van der Waals surface area contributed by atoms with Gasteiger partial charge in [0.05, 0.1) is 12.0 Å². The molecule has 0 heterocycles. The Hall–Kier alpha value is -1.27. The van der Waals surface area contributed by atoms with Crippen molar-refractivity contribution < 1.29 is 17.9 Å². The zero-order valence-corrected chi connectivity index (χ0v) is 12.6. The molecule has 1 aromatic rings. The number of rotatable bonds is 5. The van der Waals surface area contributed by atoms with Gasteiger partial charge < -0.3 is 9.64 Å². The third-order valence-electron chi connectivity index (χ3n) is 2.64. The van der Waals surface area contributed by atoms with Gasteiger partial charge in [-0.15, -0.1) is 0 Å². The van der Waals surface area contributed by atoms with Gasteiger partial charge in [0.1, 0.15) is 5.75 Å². The second-order valence-electron chi connectivity index (χ2n) is 4.20. The van der Waals surface area contributed by atoms with Crippen molar-refractivity contribution in [2.45, 2.75) is 17.7 Å². The molecule has 106 valence electrons. The monoisotopic (exact) mass is 305 g/mol. The molecule has 0 bridgehead atoms. The fraction of sp³-hybridized carbons (Fsp3) is 0.417. The molecule has 0 spiro atoms. The third-order valence-corrected chi connectivity index (χ3v) is 3.99. The molecule has 0 radical (unpaired) electrons. The average Bonchev–Trinajstić information content (AvgIpc) is 2.34. The Kier molecular flexibility index (Phi) is 5.20. The van der Waals surface area contributed by atoms with Crippen LogP contribution < -0.4 is 4.74 Å². The van der Waals surface area contributed by atoms with E-state index in [0.29, 0.717) is 17.7 Å². The average molecular weight is 306 g/mol. The Morgan fingerprint density at radius 1 is 1.37 bits per heavy atom. The van der Waals surface area contributed by atoms with E-state index in [2.05, 4.69) is 0 Å². The second-order valence-corrected chi connectivity index (χ2v) is 6.77. The van der Waals surface area contributed by atoms with Crippen LogP contribution in [-0.2, 0) is 20.3 Å². The number of halogens is 1. The van der Waals surface area contributed by atoms with Crippen LogP contribution >= 0.6 is 10.7 Å². The highest BCUT2D eigenvalue weighted by Gasteiger charge is 2.14. The Morgan fingerprint density at radius 2 is 2.00 bits per heavy atom. The minimum atomic E-state index is -3.78. The lowest BCUT2D eigenvalue weighted by molar-refractivity contribution is -0.128. The predicted octanol–water partition coefficient (Wildman–Crippen LogP) is 1.64. The van der Waals surface area contributed by atoms with E-state index >= 15 is 0 Å². The molecule has 1 aromatic carbocycles. The number of benzene rings is 1. The molecule has 0 aliphatic rings. The lowest BCUT2D eigenvalue weighted by atomic mass is 10.1. The van der Waals surface area contributed by atoms with Crippen LogP contribution in [0.2, 0.25) is 0 Å². The molecule has 0 aliphatic heterocycles. The Bertz CT molecular complexity index is 569. The summed E-state index contributed by atoms with van der Waals surface area (Å²) < 4.78 is 27.7. The number of methoxy groups -OCH3 is 1. The van der Waals surface area contributed by atoms with Crippen molar-refractivity contribution in [1.29, 1.82) is 0 Å². The van der Waals surface area contributed by atoms with Crippen LogP contribution in [0.5, 0.6) is 5.75 Å². The van der Waals surface area contributed by atoms with Gasteiger partial charge in [0.15, 0.2) is 0 Å². The number of carbonyl (C=O) groups is 1. The van der Waals surface area contributed by atoms with E-state index in [1.165, 1.54) is 30.2 Å². The number of amides is 1. The molecule has 0 atom stereocenters. The first-order valence-electron chi connectivity index (χ1n) is 5.57. The SMILES string of the molecule is COc1ccc(S(=O)(=O)Cl)cc1CCC(=O)N(C)C. The molecular formula is C12H16ClNO4S. The topological polar surface area (TPSA) is 63.7 Å². The summed E-state index contributed by atoms with van der Waals surface area (Å²) in [6, 6.07) is 4.34. The van der Waals surface area contributed by atoms with Crippen LogP contribution in [0.1, 0.15) is 12.0 Å². The van der Waals surface area contributed by atoms with Crippen LogP contribution in [0.25, 0.3) is 0 Å². The van der Waals surface area contributed by atoms with Gasteiger partial charge in [-0.2, -0.15) is 0 Å². The van der Waals surface area contributed by atoms with E-state index in [9.17, 15) is 13.2 Å². The number of nitrogens with zero attached hydrogens (tertiary/aromatic N) is 1. The van der Waals surface area contributed by atoms with Crippen molar-refractivity contribution in [1.82, 2.24) is 4.90 Å². The summed E-state index contributed by atoms with van der Waals surface area (Å²) in [5.41, 5.74) is 0.638. The number of ether oxygens (including phenoxy) is 1. The molecule has 0 unspecified atom stereocenters. The zero-order valence-electron chi connectivity index (χ0n) is 11.0. The van der Waals surface area contributed by atoms with Gasteiger partial charge in [-0.05, 0) is 30.2 Å². The maximum absolute atomic E-state index is 11.5. The quantitative estimate of drug-likeness (QED) is 0.776. The summed E-state index contributed by atoms with van der Waals surface area (Å²) >= 11 is 0. The van der Waals surface area contributed by atoms with Gasteiger partial charge in [0.2, 0.25) is 5.91 Å². The van der Waals surface area contributed by atoms with Crippen LogP contribution in [-0.4, -0.2) is 40.4 Å². The largest absolute Gasteiger partial charge is 0.496 e. The van der Waals surface area contributed by atoms with Crippen molar-refractivity contribution in [2.75, 3.05) is 21.2 Å². The first-order chi connectivity index (χ1) is 8.75. The number of hydrogen-bond acceptors (Lipinski definition) is 4. The first-order valence-corrected chi connectivity index (χ1v) is 7.88. The molecular weight excluding hydrogens is 290 g/mol. The molecule has 0 N–H and O–H groups in total. The van der Waals surface area contributed by atoms with E-state index in [1.807, 2.05) is 0 Å². The van der Waals surface area contributed by atoms with Gasteiger partial charge in [0, 0.05) is 31.2 Å². The molecule has 0 fully saturated rings. The van der Waals surface area contributed by atoms with E-state index in [-0.39, 0.29) is 17.2 Å². The van der Waals surface area contributed by atoms with Crippen molar-refractivity contribution in [3.63, 3.8) is 0 Å². The summed E-state index contributed by atoms with van der Waals surface area (Å²) in [5.74, 6) is 0.497. The van der Waals surface area contributed by atoms with E-state index < -0.39 is 9.05 Å². The summed E-state index contributed by atoms with van der Waals surface area (Å²) in [4.78, 5) is 13.0. The van der Waals surface area contributed by atoms with Gasteiger partial charge in [-0.3, -0.25) is 4.79 Å². The summed E-state index contributed by atoms with van der Waals surface area (Å²) in [6.07, 6.45) is 0.662. The second kappa shape index (κ2) is 6.25. The summed E-state index contributed by atoms with van der Waals surface area (Å²) in [6.45, 7) is 0. The number of carbonyl (C=O) groups excluding carboxylic acids is 1. The van der Waals surface area contributed by atoms with Crippen molar-refractivity contribution in [2.24, 2.45) is 0 Å². The van der Waals surface area contributed by atoms with E-state index in [1.54, 1.807) is 14.1 Å². The van der Waals surface area contributed by atoms with Crippen LogP contribution in [0, 0.1) is 0 Å². The maximum Gasteiger partial charge on any atom is 0.261 e. The highest BCUT2D eigenvalue weighted by molar-refractivity contribution is 8.13. The van der Waals surface area contributed by atoms with Gasteiger partial charge in [-0.25, -0.2) is 8.42 Å². The third kappa shape index (κ3) is 4.40. The molecule has 0 aliphatic carbocycles. The molecule has 1 rings (SSSR count). The fourth-order valence-corrected chi connectivity index (χ4v) is 2.37. The van der Waals surface area contributed by atoms with Gasteiger partial charge in [-0.1, -0.05) is 0 Å². The van der Waals surface area contributed by atoms with Crippen LogP contribution in [0.3, 0.4) is 0 Å². The normalized spacial score (nSPS) is 11.2. The van der Waals surface area contributed by atoms with Crippen LogP contribution in [0.4, 0.5) is 0 Å². The van der Waals surface area contributed by atoms with Crippen molar-refractivity contribution in [3.05, 3.63) is 23.8 Å². The minimum Gasteiger partial charge on any atom is -0.496 e. The van der Waals surface area contributed by atoms with Gasteiger partial charge in [0.25, 0.3) is 9.05 Å². The van der Waals surface area contributed by atoms with E-state index in [4.69, 9.17) is 15.4 Å². The molecule has 19 heavy (non-hydrogen) atoms. The number of hydrogen-bond donors (Lipinski definition) is 0. The van der Waals surface area contributed by atoms with Gasteiger partial charge >= 0.3 is 0 Å². The highest BCUT2D eigenvalue weighted by Crippen LogP contribution is 2.25. The summed E-state index contributed by atoms with van der Waals surface area (Å²) in [7, 11) is 6.33. The maximum atomic E-state index is 11.5.